The molecule has 0 unspecified atom stereocenters. The molecule has 158 valence electrons. The van der Waals surface area contributed by atoms with E-state index in [1.807, 2.05) is 12.1 Å². The Kier molecular flexibility index (Phi) is 6.61. The standard InChI is InChI=1S/C21H22F3N5O/c1-2-3-4-14-5-7-15(8-6-14)28-19-18(25)20(27-13-26-19)29-16-9-11-17(12-10-16)30-21(22,23)24/h5-13H,2-4,25H2,1H3,(H2,26,27,28,29). The molecule has 0 fully saturated rings. The van der Waals surface area contributed by atoms with Gasteiger partial charge in [0.25, 0.3) is 0 Å². The highest BCUT2D eigenvalue weighted by Crippen LogP contribution is 2.30. The largest absolute Gasteiger partial charge is 0.573 e. The minimum absolute atomic E-state index is 0.281. The van der Waals surface area contributed by atoms with Gasteiger partial charge < -0.3 is 21.1 Å². The van der Waals surface area contributed by atoms with Crippen molar-refractivity contribution >= 4 is 28.7 Å². The summed E-state index contributed by atoms with van der Waals surface area (Å²) in [5, 5.41) is 6.12. The third-order valence-electron chi connectivity index (χ3n) is 4.27. The molecule has 3 rings (SSSR count). The molecule has 0 aliphatic heterocycles. The van der Waals surface area contributed by atoms with Gasteiger partial charge in [-0.2, -0.15) is 0 Å². The highest BCUT2D eigenvalue weighted by Gasteiger charge is 2.30. The molecule has 0 saturated heterocycles. The van der Waals surface area contributed by atoms with Gasteiger partial charge in [-0.3, -0.25) is 0 Å². The molecule has 0 aliphatic rings. The quantitative estimate of drug-likeness (QED) is 0.430. The topological polar surface area (TPSA) is 85.1 Å². The average Bonchev–Trinajstić information content (AvgIpc) is 2.71. The van der Waals surface area contributed by atoms with Gasteiger partial charge in [0, 0.05) is 11.4 Å². The van der Waals surface area contributed by atoms with E-state index in [-0.39, 0.29) is 11.4 Å². The zero-order valence-electron chi connectivity index (χ0n) is 16.3. The van der Waals surface area contributed by atoms with Gasteiger partial charge in [-0.05, 0) is 54.8 Å². The second-order valence-electron chi connectivity index (χ2n) is 6.61. The van der Waals surface area contributed by atoms with Crippen molar-refractivity contribution in [2.75, 3.05) is 16.4 Å². The van der Waals surface area contributed by atoms with Crippen molar-refractivity contribution in [1.82, 2.24) is 9.97 Å². The van der Waals surface area contributed by atoms with E-state index in [1.165, 1.54) is 36.2 Å². The number of aromatic nitrogens is 2. The van der Waals surface area contributed by atoms with Crippen molar-refractivity contribution in [3.05, 3.63) is 60.4 Å². The highest BCUT2D eigenvalue weighted by molar-refractivity contribution is 5.80. The average molecular weight is 417 g/mol. The summed E-state index contributed by atoms with van der Waals surface area (Å²) in [5.41, 5.74) is 9.04. The van der Waals surface area contributed by atoms with E-state index in [9.17, 15) is 13.2 Å². The Morgan fingerprint density at radius 1 is 0.900 bits per heavy atom. The zero-order valence-corrected chi connectivity index (χ0v) is 16.3. The molecule has 4 N–H and O–H groups in total. The molecule has 1 heterocycles. The number of rotatable bonds is 8. The molecule has 0 bridgehead atoms. The fraction of sp³-hybridized carbons (Fsp3) is 0.238. The Morgan fingerprint density at radius 3 is 1.93 bits per heavy atom. The number of nitrogens with one attached hydrogen (secondary N) is 2. The number of halogens is 3. The number of nitrogens with two attached hydrogens (primary N) is 1. The number of ether oxygens (including phenoxy) is 1. The molecule has 0 aliphatic carbocycles. The molecule has 30 heavy (non-hydrogen) atoms. The first-order valence-corrected chi connectivity index (χ1v) is 9.43. The summed E-state index contributed by atoms with van der Waals surface area (Å²) in [7, 11) is 0. The number of hydrogen-bond donors (Lipinski definition) is 3. The molecule has 0 radical (unpaired) electrons. The van der Waals surface area contributed by atoms with Crippen molar-refractivity contribution in [2.24, 2.45) is 0 Å². The van der Waals surface area contributed by atoms with E-state index in [0.717, 1.165) is 24.9 Å². The van der Waals surface area contributed by atoms with Crippen LogP contribution < -0.4 is 21.1 Å². The Hall–Kier alpha value is -3.49. The summed E-state index contributed by atoms with van der Waals surface area (Å²) in [6.07, 6.45) is -0.0683. The van der Waals surface area contributed by atoms with Crippen molar-refractivity contribution in [1.29, 1.82) is 0 Å². The highest BCUT2D eigenvalue weighted by atomic mass is 19.4. The van der Waals surface area contributed by atoms with Crippen LogP contribution >= 0.6 is 0 Å². The van der Waals surface area contributed by atoms with Crippen LogP contribution in [-0.2, 0) is 6.42 Å². The van der Waals surface area contributed by atoms with Crippen LogP contribution in [0.25, 0.3) is 0 Å². The summed E-state index contributed by atoms with van der Waals surface area (Å²) in [6, 6.07) is 13.3. The van der Waals surface area contributed by atoms with Gasteiger partial charge >= 0.3 is 6.36 Å². The van der Waals surface area contributed by atoms with Crippen molar-refractivity contribution in [3.8, 4) is 5.75 Å². The Bertz CT molecular complexity index is 960. The second-order valence-corrected chi connectivity index (χ2v) is 6.61. The summed E-state index contributed by atoms with van der Waals surface area (Å²) in [5.74, 6) is 0.441. The maximum absolute atomic E-state index is 12.3. The number of anilines is 5. The first kappa shape index (κ1) is 21.2. The normalized spacial score (nSPS) is 11.2. The van der Waals surface area contributed by atoms with Crippen LogP contribution in [0.3, 0.4) is 0 Å². The van der Waals surface area contributed by atoms with E-state index >= 15 is 0 Å². The lowest BCUT2D eigenvalue weighted by Crippen LogP contribution is -2.17. The SMILES string of the molecule is CCCCc1ccc(Nc2ncnc(Nc3ccc(OC(F)(F)F)cc3)c2N)cc1. The molecule has 0 amide bonds. The molecular weight excluding hydrogens is 395 g/mol. The maximum Gasteiger partial charge on any atom is 0.573 e. The second kappa shape index (κ2) is 9.34. The van der Waals surface area contributed by atoms with Gasteiger partial charge in [0.15, 0.2) is 11.6 Å². The number of nitrogens with zero attached hydrogens (tertiary/aromatic N) is 2. The van der Waals surface area contributed by atoms with Crippen LogP contribution in [0.5, 0.6) is 5.75 Å². The molecule has 2 aromatic carbocycles. The molecule has 0 spiro atoms. The minimum atomic E-state index is -4.74. The molecular formula is C21H22F3N5O. The Balaban J connectivity index is 1.69. The Morgan fingerprint density at radius 2 is 1.43 bits per heavy atom. The number of aryl methyl sites for hydroxylation is 1. The van der Waals surface area contributed by atoms with Crippen molar-refractivity contribution < 1.29 is 17.9 Å². The number of hydrogen-bond acceptors (Lipinski definition) is 6. The molecule has 0 atom stereocenters. The van der Waals surface area contributed by atoms with Crippen LogP contribution in [0.4, 0.5) is 41.9 Å². The van der Waals surface area contributed by atoms with Gasteiger partial charge in [0.2, 0.25) is 0 Å². The minimum Gasteiger partial charge on any atom is -0.406 e. The third kappa shape index (κ3) is 6.00. The van der Waals surface area contributed by atoms with Crippen LogP contribution in [0.15, 0.2) is 54.9 Å². The van der Waals surface area contributed by atoms with E-state index in [4.69, 9.17) is 5.73 Å². The lowest BCUT2D eigenvalue weighted by atomic mass is 10.1. The van der Waals surface area contributed by atoms with Gasteiger partial charge in [-0.1, -0.05) is 25.5 Å². The zero-order chi connectivity index (χ0) is 21.6. The predicted molar refractivity (Wildman–Crippen MR) is 111 cm³/mol. The Labute approximate surface area is 172 Å². The summed E-state index contributed by atoms with van der Waals surface area (Å²) in [4.78, 5) is 8.28. The van der Waals surface area contributed by atoms with Gasteiger partial charge in [-0.25, -0.2) is 9.97 Å². The van der Waals surface area contributed by atoms with Crippen LogP contribution in [0.1, 0.15) is 25.3 Å². The van der Waals surface area contributed by atoms with E-state index < -0.39 is 6.36 Å². The number of nitrogen functional groups attached to an aromatic ring is 1. The molecule has 3 aromatic rings. The van der Waals surface area contributed by atoms with E-state index in [1.54, 1.807) is 0 Å². The first-order valence-electron chi connectivity index (χ1n) is 9.43. The number of alkyl halides is 3. The van der Waals surface area contributed by atoms with Crippen molar-refractivity contribution in [3.63, 3.8) is 0 Å². The van der Waals surface area contributed by atoms with Gasteiger partial charge in [0.1, 0.15) is 17.8 Å². The molecule has 9 heteroatoms. The van der Waals surface area contributed by atoms with Gasteiger partial charge in [-0.15, -0.1) is 13.2 Å². The summed E-state index contributed by atoms with van der Waals surface area (Å²) in [6.45, 7) is 2.16. The number of benzene rings is 2. The summed E-state index contributed by atoms with van der Waals surface area (Å²) < 4.78 is 40.6. The third-order valence-corrected chi connectivity index (χ3v) is 4.27. The van der Waals surface area contributed by atoms with Crippen molar-refractivity contribution in [2.45, 2.75) is 32.5 Å². The number of unbranched alkanes of at least 4 members (excludes halogenated alkanes) is 1. The summed E-state index contributed by atoms with van der Waals surface area (Å²) >= 11 is 0. The maximum atomic E-state index is 12.3. The molecule has 0 saturated carbocycles. The lowest BCUT2D eigenvalue weighted by molar-refractivity contribution is -0.274. The van der Waals surface area contributed by atoms with E-state index in [0.29, 0.717) is 17.3 Å². The fourth-order valence-electron chi connectivity index (χ4n) is 2.74. The molecule has 6 nitrogen and oxygen atoms in total. The molecule has 1 aromatic heterocycles. The van der Waals surface area contributed by atoms with E-state index in [2.05, 4.69) is 44.4 Å². The lowest BCUT2D eigenvalue weighted by Gasteiger charge is -2.13. The van der Waals surface area contributed by atoms with Crippen LogP contribution in [0, 0.1) is 0 Å². The fourth-order valence-corrected chi connectivity index (χ4v) is 2.74. The van der Waals surface area contributed by atoms with Gasteiger partial charge in [0.05, 0.1) is 0 Å². The monoisotopic (exact) mass is 417 g/mol. The van der Waals surface area contributed by atoms with Crippen LogP contribution in [0.2, 0.25) is 0 Å². The predicted octanol–water partition coefficient (Wildman–Crippen LogP) is 5.79. The van der Waals surface area contributed by atoms with Crippen LogP contribution in [-0.4, -0.2) is 16.3 Å². The first-order chi connectivity index (χ1) is 14.3. The smallest absolute Gasteiger partial charge is 0.406 e.